The maximum Gasteiger partial charge on any atom is 0.318 e. The average Bonchev–Trinajstić information content (AvgIpc) is 3.33. The molecule has 1 atom stereocenters. The van der Waals surface area contributed by atoms with Gasteiger partial charge in [0.25, 0.3) is 0 Å². The van der Waals surface area contributed by atoms with Crippen molar-refractivity contribution in [3.8, 4) is 11.5 Å². The van der Waals surface area contributed by atoms with E-state index in [1.807, 2.05) is 18.2 Å². The quantitative estimate of drug-likeness (QED) is 0.683. The van der Waals surface area contributed by atoms with E-state index >= 15 is 0 Å². The number of amides is 2. The van der Waals surface area contributed by atoms with Crippen LogP contribution in [0.3, 0.4) is 0 Å². The van der Waals surface area contributed by atoms with E-state index in [0.29, 0.717) is 36.4 Å². The number of aromatic nitrogens is 3. The molecule has 0 spiro atoms. The topological polar surface area (TPSA) is 97.3 Å². The molecule has 3 heterocycles. The fraction of sp³-hybridized carbons (Fsp3) is 0.368. The molecule has 3 rings (SSSR count). The summed E-state index contributed by atoms with van der Waals surface area (Å²) in [5.41, 5.74) is 0.616. The van der Waals surface area contributed by atoms with Gasteiger partial charge in [-0.3, -0.25) is 4.98 Å². The van der Waals surface area contributed by atoms with Crippen molar-refractivity contribution in [2.45, 2.75) is 33.4 Å². The van der Waals surface area contributed by atoms with Gasteiger partial charge in [0.05, 0.1) is 12.8 Å². The van der Waals surface area contributed by atoms with Crippen LogP contribution in [0.5, 0.6) is 0 Å². The molecule has 0 saturated heterocycles. The molecular formula is C19H23N5O3. The summed E-state index contributed by atoms with van der Waals surface area (Å²) >= 11 is 0. The number of furan rings is 1. The van der Waals surface area contributed by atoms with E-state index in [4.69, 9.17) is 8.94 Å². The second-order valence-electron chi connectivity index (χ2n) is 6.70. The van der Waals surface area contributed by atoms with Gasteiger partial charge in [0, 0.05) is 12.7 Å². The number of rotatable bonds is 7. The van der Waals surface area contributed by atoms with Gasteiger partial charge in [0.15, 0.2) is 0 Å². The molecule has 27 heavy (non-hydrogen) atoms. The number of nitrogens with zero attached hydrogens (tertiary/aromatic N) is 4. The third-order valence-electron chi connectivity index (χ3n) is 3.85. The van der Waals surface area contributed by atoms with Crippen molar-refractivity contribution in [3.63, 3.8) is 0 Å². The number of urea groups is 1. The van der Waals surface area contributed by atoms with E-state index in [-0.39, 0.29) is 6.03 Å². The minimum Gasteiger partial charge on any atom is -0.467 e. The van der Waals surface area contributed by atoms with E-state index in [2.05, 4.69) is 34.3 Å². The van der Waals surface area contributed by atoms with Crippen LogP contribution >= 0.6 is 0 Å². The van der Waals surface area contributed by atoms with Crippen LogP contribution < -0.4 is 5.32 Å². The molecule has 2 amide bonds. The molecule has 8 heteroatoms. The van der Waals surface area contributed by atoms with Gasteiger partial charge in [0.1, 0.15) is 17.5 Å². The van der Waals surface area contributed by atoms with Crippen molar-refractivity contribution in [3.05, 3.63) is 54.4 Å². The normalized spacial score (nSPS) is 12.1. The molecule has 3 aromatic rings. The highest BCUT2D eigenvalue weighted by atomic mass is 16.5. The first kappa shape index (κ1) is 18.6. The van der Waals surface area contributed by atoms with Crippen LogP contribution in [0.4, 0.5) is 4.79 Å². The van der Waals surface area contributed by atoms with Gasteiger partial charge in [-0.05, 0) is 37.1 Å². The summed E-state index contributed by atoms with van der Waals surface area (Å²) in [6.45, 7) is 6.91. The van der Waals surface area contributed by atoms with Gasteiger partial charge < -0.3 is 19.2 Å². The SMILES string of the molecule is CC(C)CN(Cc1ccco1)C(=O)N[C@@H](C)c1nc(-c2ccccn2)no1. The number of carbonyl (C=O) groups is 1. The molecule has 0 aliphatic heterocycles. The van der Waals surface area contributed by atoms with E-state index in [1.165, 1.54) is 0 Å². The zero-order valence-corrected chi connectivity index (χ0v) is 15.6. The van der Waals surface area contributed by atoms with Crippen molar-refractivity contribution in [1.82, 2.24) is 25.3 Å². The highest BCUT2D eigenvalue weighted by Gasteiger charge is 2.22. The van der Waals surface area contributed by atoms with Crippen molar-refractivity contribution in [2.24, 2.45) is 5.92 Å². The lowest BCUT2D eigenvalue weighted by Crippen LogP contribution is -2.42. The summed E-state index contributed by atoms with van der Waals surface area (Å²) in [7, 11) is 0. The molecule has 0 bridgehead atoms. The van der Waals surface area contributed by atoms with Crippen LogP contribution in [0.2, 0.25) is 0 Å². The Bertz CT molecular complexity index is 845. The van der Waals surface area contributed by atoms with Crippen molar-refractivity contribution in [1.29, 1.82) is 0 Å². The maximum atomic E-state index is 12.7. The lowest BCUT2D eigenvalue weighted by atomic mass is 10.2. The third-order valence-corrected chi connectivity index (χ3v) is 3.85. The largest absolute Gasteiger partial charge is 0.467 e. The number of nitrogens with one attached hydrogen (secondary N) is 1. The Balaban J connectivity index is 1.67. The first-order valence-electron chi connectivity index (χ1n) is 8.85. The zero-order chi connectivity index (χ0) is 19.2. The first-order chi connectivity index (χ1) is 13.0. The summed E-state index contributed by atoms with van der Waals surface area (Å²) < 4.78 is 10.7. The first-order valence-corrected chi connectivity index (χ1v) is 8.85. The van der Waals surface area contributed by atoms with Crippen LogP contribution in [0.1, 0.15) is 38.5 Å². The Morgan fingerprint density at radius 3 is 2.74 bits per heavy atom. The molecule has 0 radical (unpaired) electrons. The van der Waals surface area contributed by atoms with Gasteiger partial charge in [-0.25, -0.2) is 4.79 Å². The molecular weight excluding hydrogens is 346 g/mol. The molecule has 0 unspecified atom stereocenters. The summed E-state index contributed by atoms with van der Waals surface area (Å²) in [5.74, 6) is 1.77. The Morgan fingerprint density at radius 2 is 2.07 bits per heavy atom. The number of carbonyl (C=O) groups excluding carboxylic acids is 1. The summed E-state index contributed by atoms with van der Waals surface area (Å²) in [6, 6.07) is 8.46. The van der Waals surface area contributed by atoms with Crippen molar-refractivity contribution in [2.75, 3.05) is 6.54 Å². The summed E-state index contributed by atoms with van der Waals surface area (Å²) in [5, 5.41) is 6.85. The van der Waals surface area contributed by atoms with Gasteiger partial charge in [0.2, 0.25) is 11.7 Å². The van der Waals surface area contributed by atoms with Gasteiger partial charge in [-0.2, -0.15) is 4.98 Å². The second-order valence-corrected chi connectivity index (χ2v) is 6.70. The van der Waals surface area contributed by atoms with E-state index in [1.54, 1.807) is 36.4 Å². The monoisotopic (exact) mass is 369 g/mol. The van der Waals surface area contributed by atoms with Gasteiger partial charge in [-0.15, -0.1) is 0 Å². The van der Waals surface area contributed by atoms with Crippen LogP contribution in [0.15, 0.2) is 51.7 Å². The second kappa shape index (κ2) is 8.48. The van der Waals surface area contributed by atoms with Crippen LogP contribution in [0.25, 0.3) is 11.5 Å². The lowest BCUT2D eigenvalue weighted by Gasteiger charge is -2.25. The molecule has 0 fully saturated rings. The molecule has 0 aliphatic carbocycles. The minimum atomic E-state index is -0.436. The van der Waals surface area contributed by atoms with Gasteiger partial charge in [-0.1, -0.05) is 25.1 Å². The standard InChI is InChI=1S/C19H23N5O3/c1-13(2)11-24(12-15-7-6-10-26-15)19(25)21-14(3)18-22-17(23-27-18)16-8-4-5-9-20-16/h4-10,13-14H,11-12H2,1-3H3,(H,21,25)/t14-/m0/s1. The van der Waals surface area contributed by atoms with Crippen molar-refractivity contribution >= 4 is 6.03 Å². The summed E-state index contributed by atoms with van der Waals surface area (Å²) in [4.78, 5) is 23.0. The van der Waals surface area contributed by atoms with Crippen molar-refractivity contribution < 1.29 is 13.7 Å². The van der Waals surface area contributed by atoms with E-state index in [9.17, 15) is 4.79 Å². The highest BCUT2D eigenvalue weighted by molar-refractivity contribution is 5.74. The van der Waals surface area contributed by atoms with Crippen LogP contribution in [-0.2, 0) is 6.54 Å². The Labute approximate surface area is 157 Å². The zero-order valence-electron chi connectivity index (χ0n) is 15.6. The Morgan fingerprint density at radius 1 is 1.22 bits per heavy atom. The molecule has 8 nitrogen and oxygen atoms in total. The average molecular weight is 369 g/mol. The number of hydrogen-bond acceptors (Lipinski definition) is 6. The lowest BCUT2D eigenvalue weighted by molar-refractivity contribution is 0.177. The van der Waals surface area contributed by atoms with Crippen LogP contribution in [-0.4, -0.2) is 32.6 Å². The maximum absolute atomic E-state index is 12.7. The number of pyridine rings is 1. The number of hydrogen-bond donors (Lipinski definition) is 1. The smallest absolute Gasteiger partial charge is 0.318 e. The minimum absolute atomic E-state index is 0.217. The van der Waals surface area contributed by atoms with Gasteiger partial charge >= 0.3 is 6.03 Å². The third kappa shape index (κ3) is 4.93. The van der Waals surface area contributed by atoms with Crippen LogP contribution in [0, 0.1) is 5.92 Å². The highest BCUT2D eigenvalue weighted by Crippen LogP contribution is 2.17. The molecule has 1 N–H and O–H groups in total. The predicted molar refractivity (Wildman–Crippen MR) is 98.4 cm³/mol. The fourth-order valence-electron chi connectivity index (χ4n) is 2.60. The van der Waals surface area contributed by atoms with E-state index in [0.717, 1.165) is 5.76 Å². The van der Waals surface area contributed by atoms with E-state index < -0.39 is 6.04 Å². The molecule has 142 valence electrons. The fourth-order valence-corrected chi connectivity index (χ4v) is 2.60. The Kier molecular flexibility index (Phi) is 5.85. The molecule has 0 aliphatic rings. The molecule has 0 aromatic carbocycles. The molecule has 3 aromatic heterocycles. The Hall–Kier alpha value is -3.16. The summed E-state index contributed by atoms with van der Waals surface area (Å²) in [6.07, 6.45) is 3.26. The molecule has 0 saturated carbocycles. The predicted octanol–water partition coefficient (Wildman–Crippen LogP) is 3.65.